The highest BCUT2D eigenvalue weighted by Crippen LogP contribution is 2.12. The van der Waals surface area contributed by atoms with Crippen molar-refractivity contribution in [2.45, 2.75) is 19.4 Å². The van der Waals surface area contributed by atoms with Gasteiger partial charge in [-0.2, -0.15) is 0 Å². The van der Waals surface area contributed by atoms with Crippen LogP contribution in [-0.4, -0.2) is 22.1 Å². The number of hydrogen-bond donors (Lipinski definition) is 2. The van der Waals surface area contributed by atoms with E-state index >= 15 is 0 Å². The Labute approximate surface area is 74.3 Å². The summed E-state index contributed by atoms with van der Waals surface area (Å²) in [5.74, 6) is -0.799. The molecule has 66 valence electrons. The number of aliphatic carboxylic acids is 1. The quantitative estimate of drug-likeness (QED) is 0.746. The lowest BCUT2D eigenvalue weighted by molar-refractivity contribution is -0.137. The van der Waals surface area contributed by atoms with Crippen molar-refractivity contribution in [3.05, 3.63) is 11.6 Å². The molecule has 0 saturated heterocycles. The largest absolute Gasteiger partial charge is 0.481 e. The number of carboxylic acids is 1. The Kier molecular flexibility index (Phi) is 3.04. The van der Waals surface area contributed by atoms with E-state index in [2.05, 4.69) is 10.3 Å². The fraction of sp³-hybridized carbons (Fsp3) is 0.429. The first-order valence-electron chi connectivity index (χ1n) is 3.56. The fourth-order valence-electron chi connectivity index (χ4n) is 0.818. The Morgan fingerprint density at radius 3 is 3.17 bits per heavy atom. The molecule has 1 rings (SSSR count). The summed E-state index contributed by atoms with van der Waals surface area (Å²) < 4.78 is 0. The van der Waals surface area contributed by atoms with Gasteiger partial charge in [-0.15, -0.1) is 11.3 Å². The number of thiazole rings is 1. The summed E-state index contributed by atoms with van der Waals surface area (Å²) in [5.41, 5.74) is 0. The third kappa shape index (κ3) is 2.87. The van der Waals surface area contributed by atoms with Gasteiger partial charge in [0.1, 0.15) is 0 Å². The first kappa shape index (κ1) is 8.99. The van der Waals surface area contributed by atoms with Crippen molar-refractivity contribution < 1.29 is 9.90 Å². The van der Waals surface area contributed by atoms with Gasteiger partial charge in [0.25, 0.3) is 0 Å². The molecule has 0 aliphatic heterocycles. The van der Waals surface area contributed by atoms with Crippen LogP contribution in [0.15, 0.2) is 11.6 Å². The molecule has 1 atom stereocenters. The normalized spacial score (nSPS) is 12.4. The van der Waals surface area contributed by atoms with Gasteiger partial charge in [0.05, 0.1) is 6.42 Å². The maximum Gasteiger partial charge on any atom is 0.305 e. The van der Waals surface area contributed by atoms with Gasteiger partial charge in [-0.1, -0.05) is 0 Å². The van der Waals surface area contributed by atoms with Gasteiger partial charge in [0.2, 0.25) is 0 Å². The minimum atomic E-state index is -0.799. The van der Waals surface area contributed by atoms with Crippen molar-refractivity contribution in [1.82, 2.24) is 4.98 Å². The molecule has 5 heteroatoms. The number of carboxylic acid groups (broad SMARTS) is 1. The molecule has 0 amide bonds. The summed E-state index contributed by atoms with van der Waals surface area (Å²) in [7, 11) is 0. The highest BCUT2D eigenvalue weighted by molar-refractivity contribution is 7.13. The summed E-state index contributed by atoms with van der Waals surface area (Å²) in [5, 5.41) is 14.0. The molecule has 0 spiro atoms. The lowest BCUT2D eigenvalue weighted by atomic mass is 10.2. The lowest BCUT2D eigenvalue weighted by Crippen LogP contribution is -2.18. The number of anilines is 1. The Morgan fingerprint density at radius 1 is 1.92 bits per heavy atom. The SMILES string of the molecule is CC(CC(=O)O)Nc1nccs1. The van der Waals surface area contributed by atoms with Crippen molar-refractivity contribution in [3.8, 4) is 0 Å². The van der Waals surface area contributed by atoms with Crippen molar-refractivity contribution in [3.63, 3.8) is 0 Å². The summed E-state index contributed by atoms with van der Waals surface area (Å²) in [6.45, 7) is 1.82. The van der Waals surface area contributed by atoms with E-state index in [-0.39, 0.29) is 12.5 Å². The predicted molar refractivity (Wildman–Crippen MR) is 47.5 cm³/mol. The molecule has 0 aromatic carbocycles. The van der Waals surface area contributed by atoms with Crippen molar-refractivity contribution in [2.24, 2.45) is 0 Å². The van der Waals surface area contributed by atoms with Crippen molar-refractivity contribution in [2.75, 3.05) is 5.32 Å². The zero-order valence-electron chi connectivity index (χ0n) is 6.65. The Bertz CT molecular complexity index is 248. The van der Waals surface area contributed by atoms with Crippen molar-refractivity contribution in [1.29, 1.82) is 0 Å². The van der Waals surface area contributed by atoms with E-state index in [1.54, 1.807) is 6.20 Å². The third-order valence-electron chi connectivity index (χ3n) is 1.28. The number of nitrogens with one attached hydrogen (secondary N) is 1. The molecule has 0 bridgehead atoms. The van der Waals surface area contributed by atoms with Crippen LogP contribution in [-0.2, 0) is 4.79 Å². The van der Waals surface area contributed by atoms with Crippen LogP contribution >= 0.6 is 11.3 Å². The van der Waals surface area contributed by atoms with Crippen LogP contribution in [0.4, 0.5) is 5.13 Å². The van der Waals surface area contributed by atoms with E-state index in [1.165, 1.54) is 11.3 Å². The number of hydrogen-bond acceptors (Lipinski definition) is 4. The van der Waals surface area contributed by atoms with Gasteiger partial charge in [-0.3, -0.25) is 4.79 Å². The van der Waals surface area contributed by atoms with Crippen LogP contribution in [0.5, 0.6) is 0 Å². The van der Waals surface area contributed by atoms with Gasteiger partial charge in [0.15, 0.2) is 5.13 Å². The number of aromatic nitrogens is 1. The van der Waals surface area contributed by atoms with Gasteiger partial charge < -0.3 is 10.4 Å². The highest BCUT2D eigenvalue weighted by Gasteiger charge is 2.07. The van der Waals surface area contributed by atoms with Gasteiger partial charge >= 0.3 is 5.97 Å². The number of carbonyl (C=O) groups is 1. The Hall–Kier alpha value is -1.10. The van der Waals surface area contributed by atoms with Gasteiger partial charge in [-0.25, -0.2) is 4.98 Å². The third-order valence-corrected chi connectivity index (χ3v) is 1.99. The second kappa shape index (κ2) is 4.06. The second-order valence-electron chi connectivity index (χ2n) is 2.48. The average Bonchev–Trinajstić information content (AvgIpc) is 2.37. The molecule has 0 saturated carbocycles. The maximum absolute atomic E-state index is 10.3. The van der Waals surface area contributed by atoms with E-state index in [0.29, 0.717) is 0 Å². The van der Waals surface area contributed by atoms with E-state index in [1.807, 2.05) is 12.3 Å². The summed E-state index contributed by atoms with van der Waals surface area (Å²) in [4.78, 5) is 14.3. The van der Waals surface area contributed by atoms with E-state index in [9.17, 15) is 4.79 Å². The zero-order valence-corrected chi connectivity index (χ0v) is 7.47. The number of nitrogens with zero attached hydrogens (tertiary/aromatic N) is 1. The van der Waals surface area contributed by atoms with Gasteiger partial charge in [-0.05, 0) is 6.92 Å². The molecule has 2 N–H and O–H groups in total. The molecule has 12 heavy (non-hydrogen) atoms. The minimum absolute atomic E-state index is 0.0753. The van der Waals surface area contributed by atoms with E-state index < -0.39 is 5.97 Å². The fourth-order valence-corrected chi connectivity index (χ4v) is 1.46. The van der Waals surface area contributed by atoms with E-state index in [0.717, 1.165) is 5.13 Å². The molecule has 1 aromatic rings. The predicted octanol–water partition coefficient (Wildman–Crippen LogP) is 1.42. The molecular formula is C7H10N2O2S. The minimum Gasteiger partial charge on any atom is -0.481 e. The van der Waals surface area contributed by atoms with E-state index in [4.69, 9.17) is 5.11 Å². The van der Waals surface area contributed by atoms with Crippen LogP contribution in [0.3, 0.4) is 0 Å². The first-order valence-corrected chi connectivity index (χ1v) is 4.44. The zero-order chi connectivity index (χ0) is 8.97. The summed E-state index contributed by atoms with van der Waals surface area (Å²) >= 11 is 1.46. The van der Waals surface area contributed by atoms with Crippen LogP contribution in [0.25, 0.3) is 0 Å². The summed E-state index contributed by atoms with van der Waals surface area (Å²) in [6, 6.07) is -0.0753. The standard InChI is InChI=1S/C7H10N2O2S/c1-5(4-6(10)11)9-7-8-2-3-12-7/h2-3,5H,4H2,1H3,(H,8,9)(H,10,11). The molecule has 4 nitrogen and oxygen atoms in total. The monoisotopic (exact) mass is 186 g/mol. The number of rotatable bonds is 4. The smallest absolute Gasteiger partial charge is 0.305 e. The lowest BCUT2D eigenvalue weighted by Gasteiger charge is -2.08. The van der Waals surface area contributed by atoms with Crippen molar-refractivity contribution >= 4 is 22.4 Å². The highest BCUT2D eigenvalue weighted by atomic mass is 32.1. The molecule has 0 aliphatic rings. The van der Waals surface area contributed by atoms with Crippen LogP contribution in [0, 0.1) is 0 Å². The Balaban J connectivity index is 2.36. The Morgan fingerprint density at radius 2 is 2.67 bits per heavy atom. The maximum atomic E-state index is 10.3. The topological polar surface area (TPSA) is 62.2 Å². The molecule has 1 heterocycles. The van der Waals surface area contributed by atoms with Gasteiger partial charge in [0, 0.05) is 17.6 Å². The van der Waals surface area contributed by atoms with Crippen LogP contribution < -0.4 is 5.32 Å². The first-order chi connectivity index (χ1) is 5.68. The second-order valence-corrected chi connectivity index (χ2v) is 3.38. The van der Waals surface area contributed by atoms with Crippen LogP contribution in [0.2, 0.25) is 0 Å². The molecule has 1 unspecified atom stereocenters. The molecule has 0 fully saturated rings. The summed E-state index contributed by atoms with van der Waals surface area (Å²) in [6.07, 6.45) is 1.79. The molecule has 0 aliphatic carbocycles. The molecule has 1 aromatic heterocycles. The average molecular weight is 186 g/mol. The molecular weight excluding hydrogens is 176 g/mol. The molecule has 0 radical (unpaired) electrons. The van der Waals surface area contributed by atoms with Crippen LogP contribution in [0.1, 0.15) is 13.3 Å².